The van der Waals surface area contributed by atoms with Crippen molar-refractivity contribution in [3.05, 3.63) is 28.2 Å². The number of aromatic nitrogens is 1. The Kier molecular flexibility index (Phi) is 4.93. The molecule has 1 aliphatic heterocycles. The summed E-state index contributed by atoms with van der Waals surface area (Å²) in [6, 6.07) is -1.10. The Bertz CT molecular complexity index is 782. The Morgan fingerprint density at radius 2 is 1.88 bits per heavy atom. The molecule has 1 atom stereocenters. The van der Waals surface area contributed by atoms with Crippen molar-refractivity contribution in [2.75, 3.05) is 12.1 Å². The molecule has 1 amide bonds. The zero-order chi connectivity index (χ0) is 19.9. The summed E-state index contributed by atoms with van der Waals surface area (Å²) in [5, 5.41) is 0. The van der Waals surface area contributed by atoms with Gasteiger partial charge in [-0.3, -0.25) is 14.3 Å². The molecule has 2 rings (SSSR count). The molecule has 144 valence electrons. The first-order chi connectivity index (χ1) is 11.8. The van der Waals surface area contributed by atoms with Crippen LogP contribution in [0, 0.1) is 0 Å². The lowest BCUT2D eigenvalue weighted by Crippen LogP contribution is -2.54. The summed E-state index contributed by atoms with van der Waals surface area (Å²) < 4.78 is 49.7. The van der Waals surface area contributed by atoms with Crippen molar-refractivity contribution < 1.29 is 32.2 Å². The van der Waals surface area contributed by atoms with E-state index in [9.17, 15) is 27.6 Å². The summed E-state index contributed by atoms with van der Waals surface area (Å²) in [5.74, 6) is -1.82. The second-order valence-corrected chi connectivity index (χ2v) is 6.60. The van der Waals surface area contributed by atoms with Crippen molar-refractivity contribution in [3.8, 4) is 5.75 Å². The van der Waals surface area contributed by atoms with E-state index in [0.717, 1.165) is 23.9 Å². The number of ether oxygens (including phenoxy) is 2. The maximum absolute atomic E-state index is 13.0. The number of nitrogens with one attached hydrogen (secondary N) is 1. The summed E-state index contributed by atoms with van der Waals surface area (Å²) >= 11 is 0. The molecule has 1 aromatic rings. The van der Waals surface area contributed by atoms with Gasteiger partial charge in [-0.05, 0) is 27.7 Å². The van der Waals surface area contributed by atoms with Crippen LogP contribution in [0.2, 0.25) is 0 Å². The number of hydrogen-bond donors (Lipinski definition) is 1. The first-order valence-corrected chi connectivity index (χ1v) is 7.59. The molecule has 11 heteroatoms. The third kappa shape index (κ3) is 4.09. The van der Waals surface area contributed by atoms with Crippen molar-refractivity contribution in [3.63, 3.8) is 0 Å². The Labute approximate surface area is 146 Å². The summed E-state index contributed by atoms with van der Waals surface area (Å²) in [5.41, 5.74) is 0.236. The Morgan fingerprint density at radius 3 is 2.42 bits per heavy atom. The van der Waals surface area contributed by atoms with Gasteiger partial charge >= 0.3 is 12.3 Å². The minimum Gasteiger partial charge on any atom is -0.428 e. The van der Waals surface area contributed by atoms with Gasteiger partial charge < -0.3 is 19.8 Å². The molecule has 1 aliphatic rings. The molecule has 0 fully saturated rings. The molecule has 0 spiro atoms. The molecule has 0 saturated carbocycles. The van der Waals surface area contributed by atoms with E-state index in [4.69, 9.17) is 9.47 Å². The zero-order valence-corrected chi connectivity index (χ0v) is 14.5. The van der Waals surface area contributed by atoms with Crippen LogP contribution in [0.1, 0.15) is 38.2 Å². The minimum atomic E-state index is -4.67. The van der Waals surface area contributed by atoms with E-state index in [2.05, 4.69) is 5.43 Å². The van der Waals surface area contributed by atoms with Crippen LogP contribution in [-0.2, 0) is 4.74 Å². The maximum Gasteiger partial charge on any atom is 0.514 e. The fourth-order valence-electron chi connectivity index (χ4n) is 2.15. The lowest BCUT2D eigenvalue weighted by Gasteiger charge is -2.36. The highest BCUT2D eigenvalue weighted by atomic mass is 19.4. The largest absolute Gasteiger partial charge is 0.514 e. The van der Waals surface area contributed by atoms with Gasteiger partial charge in [0.2, 0.25) is 11.2 Å². The fraction of sp³-hybridized carbons (Fsp3) is 0.533. The molecular weight excluding hydrogens is 359 g/mol. The smallest absolute Gasteiger partial charge is 0.428 e. The van der Waals surface area contributed by atoms with Crippen molar-refractivity contribution >= 4 is 12.1 Å². The zero-order valence-electron chi connectivity index (χ0n) is 14.5. The van der Waals surface area contributed by atoms with Crippen LogP contribution in [-0.4, -0.2) is 46.1 Å². The molecule has 0 bridgehead atoms. The molecule has 26 heavy (non-hydrogen) atoms. The van der Waals surface area contributed by atoms with Crippen LogP contribution in [0.3, 0.4) is 0 Å². The number of carbonyl (C=O) groups is 2. The quantitative estimate of drug-likeness (QED) is 0.794. The number of amides is 1. The number of carbonyl (C=O) groups excluding carboxylic acids is 2. The second-order valence-electron chi connectivity index (χ2n) is 6.60. The van der Waals surface area contributed by atoms with Gasteiger partial charge in [0.25, 0.3) is 5.91 Å². The Morgan fingerprint density at radius 1 is 1.27 bits per heavy atom. The molecule has 1 aromatic heterocycles. The average Bonchev–Trinajstić information content (AvgIpc) is 2.47. The highest BCUT2D eigenvalue weighted by molar-refractivity contribution is 5.97. The maximum atomic E-state index is 13.0. The molecule has 0 unspecified atom stereocenters. The second kappa shape index (κ2) is 6.54. The van der Waals surface area contributed by atoms with E-state index < -0.39 is 53.4 Å². The SMILES string of the molecule is C[C@@H](N1CNn2ccc(=O)c(OC(=O)OC(C)(C)C)c2C1=O)C(F)(F)F. The van der Waals surface area contributed by atoms with E-state index in [1.165, 1.54) is 0 Å². The van der Waals surface area contributed by atoms with Gasteiger partial charge in [-0.1, -0.05) is 0 Å². The van der Waals surface area contributed by atoms with Crippen molar-refractivity contribution in [2.24, 2.45) is 0 Å². The van der Waals surface area contributed by atoms with E-state index in [1.807, 2.05) is 0 Å². The summed E-state index contributed by atoms with van der Waals surface area (Å²) in [6.07, 6.45) is -4.76. The average molecular weight is 377 g/mol. The molecule has 0 aliphatic carbocycles. The predicted octanol–water partition coefficient (Wildman–Crippen LogP) is 2.07. The van der Waals surface area contributed by atoms with Crippen LogP contribution in [0.5, 0.6) is 5.75 Å². The van der Waals surface area contributed by atoms with Gasteiger partial charge in [-0.15, -0.1) is 0 Å². The molecule has 2 heterocycles. The van der Waals surface area contributed by atoms with Gasteiger partial charge in [0.15, 0.2) is 5.69 Å². The van der Waals surface area contributed by atoms with Crippen LogP contribution in [0.15, 0.2) is 17.1 Å². The lowest BCUT2D eigenvalue weighted by atomic mass is 10.2. The number of nitrogens with zero attached hydrogens (tertiary/aromatic N) is 2. The number of hydrogen-bond acceptors (Lipinski definition) is 6. The summed E-state index contributed by atoms with van der Waals surface area (Å²) in [4.78, 5) is 36.9. The van der Waals surface area contributed by atoms with E-state index >= 15 is 0 Å². The molecule has 0 saturated heterocycles. The number of fused-ring (bicyclic) bond motifs is 1. The highest BCUT2D eigenvalue weighted by Crippen LogP contribution is 2.28. The van der Waals surface area contributed by atoms with Crippen molar-refractivity contribution in [1.82, 2.24) is 9.58 Å². The third-order valence-corrected chi connectivity index (χ3v) is 3.45. The fourth-order valence-corrected chi connectivity index (χ4v) is 2.15. The Balaban J connectivity index is 2.41. The van der Waals surface area contributed by atoms with Gasteiger partial charge in [0, 0.05) is 12.3 Å². The first kappa shape index (κ1) is 19.6. The highest BCUT2D eigenvalue weighted by Gasteiger charge is 2.45. The van der Waals surface area contributed by atoms with Crippen LogP contribution < -0.4 is 15.6 Å². The van der Waals surface area contributed by atoms with E-state index in [1.54, 1.807) is 20.8 Å². The topological polar surface area (TPSA) is 89.9 Å². The van der Waals surface area contributed by atoms with Crippen molar-refractivity contribution in [2.45, 2.75) is 45.5 Å². The lowest BCUT2D eigenvalue weighted by molar-refractivity contribution is -0.172. The monoisotopic (exact) mass is 377 g/mol. The number of pyridine rings is 1. The number of rotatable bonds is 2. The van der Waals surface area contributed by atoms with Gasteiger partial charge in [0.05, 0.1) is 0 Å². The Hall–Kier alpha value is -2.72. The standard InChI is InChI=1S/C15H18F3N3O5/c1-8(15(16,17)18)20-7-19-21-6-5-9(22)11(10(21)12(20)23)25-13(24)26-14(2,3)4/h5-6,8,19H,7H2,1-4H3/t8-/m1/s1. The third-order valence-electron chi connectivity index (χ3n) is 3.45. The summed E-state index contributed by atoms with van der Waals surface area (Å²) in [6.45, 7) is 5.04. The molecule has 0 aromatic carbocycles. The predicted molar refractivity (Wildman–Crippen MR) is 83.5 cm³/mol. The van der Waals surface area contributed by atoms with Crippen LogP contribution in [0.4, 0.5) is 18.0 Å². The van der Waals surface area contributed by atoms with Gasteiger partial charge in [0.1, 0.15) is 18.3 Å². The molecule has 8 nitrogen and oxygen atoms in total. The summed E-state index contributed by atoms with van der Waals surface area (Å²) in [7, 11) is 0. The van der Waals surface area contributed by atoms with E-state index in [-0.39, 0.29) is 0 Å². The molecular formula is C15H18F3N3O5. The van der Waals surface area contributed by atoms with Crippen LogP contribution >= 0.6 is 0 Å². The number of alkyl halides is 3. The number of halogens is 3. The van der Waals surface area contributed by atoms with Gasteiger partial charge in [-0.2, -0.15) is 13.2 Å². The van der Waals surface area contributed by atoms with Gasteiger partial charge in [-0.25, -0.2) is 4.79 Å². The first-order valence-electron chi connectivity index (χ1n) is 7.59. The molecule has 1 N–H and O–H groups in total. The van der Waals surface area contributed by atoms with Crippen molar-refractivity contribution in [1.29, 1.82) is 0 Å². The van der Waals surface area contributed by atoms with Crippen LogP contribution in [0.25, 0.3) is 0 Å². The molecule has 0 radical (unpaired) electrons. The normalized spacial score (nSPS) is 15.8. The van der Waals surface area contributed by atoms with E-state index in [0.29, 0.717) is 4.90 Å². The minimum absolute atomic E-state index is 0.443.